The number of rotatable bonds is 5. The normalized spacial score (nSPS) is 10.8. The third-order valence-electron chi connectivity index (χ3n) is 2.99. The number of ether oxygens (including phenoxy) is 1. The fourth-order valence-electron chi connectivity index (χ4n) is 2.01. The van der Waals surface area contributed by atoms with Crippen LogP contribution in [0.4, 0.5) is 5.95 Å². The van der Waals surface area contributed by atoms with E-state index in [1.165, 1.54) is 0 Å². The number of hydrogen-bond donors (Lipinski definition) is 1. The number of methoxy groups -OCH3 is 1. The van der Waals surface area contributed by atoms with Gasteiger partial charge in [0, 0.05) is 18.9 Å². The summed E-state index contributed by atoms with van der Waals surface area (Å²) < 4.78 is 7.09. The first-order chi connectivity index (χ1) is 10.3. The van der Waals surface area contributed by atoms with Crippen LogP contribution in [0.1, 0.15) is 13.3 Å². The molecule has 0 aliphatic carbocycles. The van der Waals surface area contributed by atoms with E-state index in [4.69, 9.17) is 4.74 Å². The highest BCUT2D eigenvalue weighted by Gasteiger charge is 2.11. The largest absolute Gasteiger partial charge is 0.467 e. The van der Waals surface area contributed by atoms with Crippen molar-refractivity contribution in [2.75, 3.05) is 19.0 Å². The van der Waals surface area contributed by atoms with E-state index in [9.17, 15) is 0 Å². The minimum atomic E-state index is 0.288. The minimum absolute atomic E-state index is 0.288. The summed E-state index contributed by atoms with van der Waals surface area (Å²) in [6.45, 7) is 2.88. The number of hydrogen-bond acceptors (Lipinski definition) is 6. The molecule has 1 N–H and O–H groups in total. The fraction of sp³-hybridized carbons (Fsp3) is 0.286. The van der Waals surface area contributed by atoms with Crippen LogP contribution < -0.4 is 10.1 Å². The molecule has 0 unspecified atom stereocenters. The molecular formula is C14H16N6O. The summed E-state index contributed by atoms with van der Waals surface area (Å²) in [5.41, 5.74) is 1.68. The summed E-state index contributed by atoms with van der Waals surface area (Å²) in [5.74, 6) is 1.06. The van der Waals surface area contributed by atoms with Crippen molar-refractivity contribution < 1.29 is 4.74 Å². The van der Waals surface area contributed by atoms with Crippen molar-refractivity contribution in [1.82, 2.24) is 24.3 Å². The van der Waals surface area contributed by atoms with E-state index < -0.39 is 0 Å². The van der Waals surface area contributed by atoms with Gasteiger partial charge >= 0.3 is 6.01 Å². The van der Waals surface area contributed by atoms with Gasteiger partial charge in [-0.2, -0.15) is 15.0 Å². The third kappa shape index (κ3) is 2.62. The summed E-state index contributed by atoms with van der Waals surface area (Å²) in [7, 11) is 1.54. The summed E-state index contributed by atoms with van der Waals surface area (Å²) in [4.78, 5) is 17.3. The van der Waals surface area contributed by atoms with Crippen molar-refractivity contribution in [2.45, 2.75) is 13.3 Å². The van der Waals surface area contributed by atoms with Crippen LogP contribution in [0.3, 0.4) is 0 Å². The van der Waals surface area contributed by atoms with Crippen LogP contribution in [0, 0.1) is 0 Å². The maximum Gasteiger partial charge on any atom is 0.321 e. The van der Waals surface area contributed by atoms with Crippen LogP contribution in [0.25, 0.3) is 17.2 Å². The lowest BCUT2D eigenvalue weighted by atomic mass is 10.3. The van der Waals surface area contributed by atoms with Gasteiger partial charge in [0.1, 0.15) is 5.65 Å². The number of anilines is 1. The zero-order valence-corrected chi connectivity index (χ0v) is 11.9. The molecule has 3 aromatic heterocycles. The Hall–Kier alpha value is -2.70. The summed E-state index contributed by atoms with van der Waals surface area (Å²) in [6.07, 6.45) is 4.61. The van der Waals surface area contributed by atoms with Crippen molar-refractivity contribution in [2.24, 2.45) is 0 Å². The van der Waals surface area contributed by atoms with Gasteiger partial charge in [0.05, 0.1) is 12.8 Å². The Morgan fingerprint density at radius 1 is 1.24 bits per heavy atom. The molecule has 3 heterocycles. The number of nitrogens with zero attached hydrogens (tertiary/aromatic N) is 5. The minimum Gasteiger partial charge on any atom is -0.467 e. The van der Waals surface area contributed by atoms with Crippen LogP contribution in [0.2, 0.25) is 0 Å². The van der Waals surface area contributed by atoms with E-state index in [-0.39, 0.29) is 6.01 Å². The van der Waals surface area contributed by atoms with Crippen LogP contribution in [-0.2, 0) is 0 Å². The van der Waals surface area contributed by atoms with E-state index in [1.807, 2.05) is 28.8 Å². The number of pyridine rings is 1. The van der Waals surface area contributed by atoms with Gasteiger partial charge in [0.25, 0.3) is 0 Å². The number of nitrogens with one attached hydrogen (secondary N) is 1. The van der Waals surface area contributed by atoms with Gasteiger partial charge in [0.2, 0.25) is 5.95 Å². The topological polar surface area (TPSA) is 77.2 Å². The van der Waals surface area contributed by atoms with E-state index in [0.717, 1.165) is 24.3 Å². The highest BCUT2D eigenvalue weighted by Crippen LogP contribution is 2.19. The first kappa shape index (κ1) is 13.3. The maximum absolute atomic E-state index is 5.16. The molecular weight excluding hydrogens is 268 g/mol. The zero-order chi connectivity index (χ0) is 14.7. The third-order valence-corrected chi connectivity index (χ3v) is 2.99. The quantitative estimate of drug-likeness (QED) is 0.772. The second-order valence-corrected chi connectivity index (χ2v) is 4.46. The van der Waals surface area contributed by atoms with Crippen molar-refractivity contribution in [3.05, 3.63) is 30.6 Å². The van der Waals surface area contributed by atoms with Gasteiger partial charge in [0.15, 0.2) is 5.82 Å². The van der Waals surface area contributed by atoms with Gasteiger partial charge < -0.3 is 10.1 Å². The first-order valence-corrected chi connectivity index (χ1v) is 6.78. The van der Waals surface area contributed by atoms with E-state index in [2.05, 4.69) is 32.2 Å². The van der Waals surface area contributed by atoms with Gasteiger partial charge in [-0.05, 0) is 18.6 Å². The van der Waals surface area contributed by atoms with Crippen LogP contribution in [0.15, 0.2) is 30.6 Å². The Kier molecular flexibility index (Phi) is 3.63. The second-order valence-electron chi connectivity index (χ2n) is 4.46. The molecule has 0 fully saturated rings. The molecule has 0 saturated heterocycles. The predicted molar refractivity (Wildman–Crippen MR) is 79.3 cm³/mol. The molecule has 0 amide bonds. The molecule has 21 heavy (non-hydrogen) atoms. The van der Waals surface area contributed by atoms with Crippen molar-refractivity contribution >= 4 is 11.6 Å². The highest BCUT2D eigenvalue weighted by atomic mass is 16.5. The summed E-state index contributed by atoms with van der Waals surface area (Å²) >= 11 is 0. The van der Waals surface area contributed by atoms with E-state index >= 15 is 0 Å². The molecule has 0 radical (unpaired) electrons. The molecule has 108 valence electrons. The highest BCUT2D eigenvalue weighted by molar-refractivity contribution is 5.58. The van der Waals surface area contributed by atoms with Gasteiger partial charge in [-0.1, -0.05) is 13.0 Å². The molecule has 0 spiro atoms. The van der Waals surface area contributed by atoms with Gasteiger partial charge in [-0.15, -0.1) is 0 Å². The standard InChI is InChI=1S/C14H16N6O/c1-3-7-16-13-17-12(18-14(19-13)21-2)10-5-4-6-11-15-8-9-20(10)11/h4-6,8-9H,3,7H2,1-2H3,(H,16,17,18,19). The first-order valence-electron chi connectivity index (χ1n) is 6.78. The average Bonchev–Trinajstić information content (AvgIpc) is 3.01. The number of aromatic nitrogens is 5. The molecule has 0 aliphatic rings. The SMILES string of the molecule is CCCNc1nc(OC)nc(-c2cccc3nccn23)n1. The van der Waals surface area contributed by atoms with E-state index in [0.29, 0.717) is 11.8 Å². The molecule has 3 rings (SSSR count). The number of imidazole rings is 1. The molecule has 3 aromatic rings. The smallest absolute Gasteiger partial charge is 0.321 e. The van der Waals surface area contributed by atoms with Gasteiger partial charge in [-0.3, -0.25) is 4.40 Å². The summed E-state index contributed by atoms with van der Waals surface area (Å²) in [6, 6.07) is 6.08. The van der Waals surface area contributed by atoms with E-state index in [1.54, 1.807) is 13.3 Å². The molecule has 0 aliphatic heterocycles. The Morgan fingerprint density at radius 3 is 2.95 bits per heavy atom. The van der Waals surface area contributed by atoms with Gasteiger partial charge in [-0.25, -0.2) is 4.98 Å². The maximum atomic E-state index is 5.16. The summed E-state index contributed by atoms with van der Waals surface area (Å²) in [5, 5.41) is 3.15. The molecule has 0 atom stereocenters. The Labute approximate surface area is 122 Å². The lowest BCUT2D eigenvalue weighted by molar-refractivity contribution is 0.379. The number of fused-ring (bicyclic) bond motifs is 1. The monoisotopic (exact) mass is 284 g/mol. The lowest BCUT2D eigenvalue weighted by Gasteiger charge is -2.08. The Balaban J connectivity index is 2.10. The molecule has 0 aromatic carbocycles. The van der Waals surface area contributed by atoms with Crippen LogP contribution in [-0.4, -0.2) is 38.0 Å². The molecule has 7 nitrogen and oxygen atoms in total. The average molecular weight is 284 g/mol. The van der Waals surface area contributed by atoms with Crippen molar-refractivity contribution in [1.29, 1.82) is 0 Å². The fourth-order valence-corrected chi connectivity index (χ4v) is 2.01. The van der Waals surface area contributed by atoms with Crippen molar-refractivity contribution in [3.63, 3.8) is 0 Å². The predicted octanol–water partition coefficient (Wildman–Crippen LogP) is 2.02. The van der Waals surface area contributed by atoms with Crippen LogP contribution in [0.5, 0.6) is 6.01 Å². The second kappa shape index (κ2) is 5.74. The molecule has 0 bridgehead atoms. The molecule has 0 saturated carbocycles. The molecule has 7 heteroatoms. The zero-order valence-electron chi connectivity index (χ0n) is 11.9. The van der Waals surface area contributed by atoms with Crippen molar-refractivity contribution in [3.8, 4) is 17.5 Å². The Morgan fingerprint density at radius 2 is 2.14 bits per heavy atom. The lowest BCUT2D eigenvalue weighted by Crippen LogP contribution is -2.08. The Bertz CT molecular complexity index is 754. The van der Waals surface area contributed by atoms with Crippen LogP contribution >= 0.6 is 0 Å².